The molecule has 1 fully saturated rings. The SMILES string of the molecule is CC(N)Cc1ccc(N2CCSC(C)(C)C2)c(Cl)c1. The van der Waals surface area contributed by atoms with E-state index in [0.29, 0.717) is 4.75 Å². The first-order chi connectivity index (χ1) is 8.87. The van der Waals surface area contributed by atoms with E-state index < -0.39 is 0 Å². The number of benzene rings is 1. The summed E-state index contributed by atoms with van der Waals surface area (Å²) in [7, 11) is 0. The molecule has 19 heavy (non-hydrogen) atoms. The van der Waals surface area contributed by atoms with Crippen molar-refractivity contribution < 1.29 is 0 Å². The zero-order chi connectivity index (χ0) is 14.0. The van der Waals surface area contributed by atoms with Gasteiger partial charge in [0.25, 0.3) is 0 Å². The predicted octanol–water partition coefficient (Wildman–Crippen LogP) is 3.56. The maximum atomic E-state index is 6.45. The lowest BCUT2D eigenvalue weighted by Gasteiger charge is -2.39. The predicted molar refractivity (Wildman–Crippen MR) is 87.6 cm³/mol. The summed E-state index contributed by atoms with van der Waals surface area (Å²) in [6.45, 7) is 8.72. The van der Waals surface area contributed by atoms with Gasteiger partial charge in [0.05, 0.1) is 10.7 Å². The summed E-state index contributed by atoms with van der Waals surface area (Å²) in [6.07, 6.45) is 0.876. The normalized spacial score (nSPS) is 20.4. The highest BCUT2D eigenvalue weighted by molar-refractivity contribution is 8.00. The van der Waals surface area contributed by atoms with Crippen molar-refractivity contribution in [2.45, 2.75) is 38.0 Å². The molecule has 0 amide bonds. The molecular weight excluding hydrogens is 276 g/mol. The van der Waals surface area contributed by atoms with Crippen molar-refractivity contribution in [3.05, 3.63) is 28.8 Å². The van der Waals surface area contributed by atoms with Crippen LogP contribution in [-0.4, -0.2) is 29.6 Å². The van der Waals surface area contributed by atoms with Crippen LogP contribution in [0.5, 0.6) is 0 Å². The standard InChI is InChI=1S/C15H23ClN2S/c1-11(17)8-12-4-5-14(13(16)9-12)18-6-7-19-15(2,3)10-18/h4-5,9,11H,6-8,10,17H2,1-3H3. The molecule has 0 aliphatic carbocycles. The van der Waals surface area contributed by atoms with Crippen molar-refractivity contribution in [3.8, 4) is 0 Å². The van der Waals surface area contributed by atoms with Crippen LogP contribution >= 0.6 is 23.4 Å². The lowest BCUT2D eigenvalue weighted by molar-refractivity contribution is 0.647. The van der Waals surface area contributed by atoms with Gasteiger partial charge in [-0.15, -0.1) is 0 Å². The van der Waals surface area contributed by atoms with Crippen LogP contribution in [0, 0.1) is 0 Å². The van der Waals surface area contributed by atoms with Crippen molar-refractivity contribution in [1.29, 1.82) is 0 Å². The first kappa shape index (κ1) is 15.0. The second-order valence-electron chi connectivity index (χ2n) is 6.00. The molecule has 1 saturated heterocycles. The Balaban J connectivity index is 2.16. The largest absolute Gasteiger partial charge is 0.368 e. The average molecular weight is 299 g/mol. The van der Waals surface area contributed by atoms with Crippen LogP contribution in [-0.2, 0) is 6.42 Å². The molecular formula is C15H23ClN2S. The minimum atomic E-state index is 0.173. The number of halogens is 1. The third-order valence-electron chi connectivity index (χ3n) is 3.34. The third-order valence-corrected chi connectivity index (χ3v) is 4.94. The zero-order valence-corrected chi connectivity index (χ0v) is 13.5. The number of rotatable bonds is 3. The second kappa shape index (κ2) is 5.94. The fraction of sp³-hybridized carbons (Fsp3) is 0.600. The van der Waals surface area contributed by atoms with E-state index in [0.717, 1.165) is 36.0 Å². The van der Waals surface area contributed by atoms with Gasteiger partial charge in [0.15, 0.2) is 0 Å². The van der Waals surface area contributed by atoms with Crippen LogP contribution in [0.3, 0.4) is 0 Å². The number of hydrogen-bond donors (Lipinski definition) is 1. The fourth-order valence-electron chi connectivity index (χ4n) is 2.53. The first-order valence-electron chi connectivity index (χ1n) is 6.80. The van der Waals surface area contributed by atoms with E-state index in [-0.39, 0.29) is 6.04 Å². The maximum Gasteiger partial charge on any atom is 0.0642 e. The van der Waals surface area contributed by atoms with Crippen LogP contribution in [0.25, 0.3) is 0 Å². The van der Waals surface area contributed by atoms with Gasteiger partial charge in [0.2, 0.25) is 0 Å². The van der Waals surface area contributed by atoms with Gasteiger partial charge >= 0.3 is 0 Å². The molecule has 4 heteroatoms. The number of anilines is 1. The summed E-state index contributed by atoms with van der Waals surface area (Å²) in [5.41, 5.74) is 8.21. The van der Waals surface area contributed by atoms with Gasteiger partial charge in [0, 0.05) is 29.6 Å². The molecule has 0 bridgehead atoms. The fourth-order valence-corrected chi connectivity index (χ4v) is 3.96. The minimum absolute atomic E-state index is 0.173. The lowest BCUT2D eigenvalue weighted by Crippen LogP contribution is -2.43. The van der Waals surface area contributed by atoms with E-state index in [9.17, 15) is 0 Å². The van der Waals surface area contributed by atoms with Gasteiger partial charge in [-0.25, -0.2) is 0 Å². The number of nitrogens with zero attached hydrogens (tertiary/aromatic N) is 1. The molecule has 106 valence electrons. The van der Waals surface area contributed by atoms with Gasteiger partial charge in [-0.1, -0.05) is 17.7 Å². The van der Waals surface area contributed by atoms with E-state index in [2.05, 4.69) is 36.9 Å². The molecule has 0 spiro atoms. The molecule has 2 N–H and O–H groups in total. The molecule has 2 rings (SSSR count). The molecule has 1 atom stereocenters. The number of hydrogen-bond acceptors (Lipinski definition) is 3. The highest BCUT2D eigenvalue weighted by atomic mass is 35.5. The summed E-state index contributed by atoms with van der Waals surface area (Å²) in [5, 5.41) is 0.848. The van der Waals surface area contributed by atoms with Crippen molar-refractivity contribution >= 4 is 29.1 Å². The quantitative estimate of drug-likeness (QED) is 0.925. The van der Waals surface area contributed by atoms with Crippen LogP contribution in [0.1, 0.15) is 26.3 Å². The Morgan fingerprint density at radius 3 is 2.79 bits per heavy atom. The smallest absolute Gasteiger partial charge is 0.0642 e. The molecule has 1 aromatic rings. The molecule has 0 saturated carbocycles. The van der Waals surface area contributed by atoms with Crippen LogP contribution < -0.4 is 10.6 Å². The summed E-state index contributed by atoms with van der Waals surface area (Å²) in [4.78, 5) is 2.40. The van der Waals surface area contributed by atoms with E-state index in [1.165, 1.54) is 5.56 Å². The van der Waals surface area contributed by atoms with Gasteiger partial charge < -0.3 is 10.6 Å². The number of thioether (sulfide) groups is 1. The highest BCUT2D eigenvalue weighted by Crippen LogP contribution is 2.35. The minimum Gasteiger partial charge on any atom is -0.368 e. The van der Waals surface area contributed by atoms with E-state index in [1.807, 2.05) is 18.7 Å². The zero-order valence-electron chi connectivity index (χ0n) is 11.9. The Hall–Kier alpha value is -0.380. The third kappa shape index (κ3) is 4.04. The molecule has 2 nitrogen and oxygen atoms in total. The van der Waals surface area contributed by atoms with Crippen LogP contribution in [0.2, 0.25) is 5.02 Å². The maximum absolute atomic E-state index is 6.45. The number of nitrogens with two attached hydrogens (primary N) is 1. The van der Waals surface area contributed by atoms with Crippen molar-refractivity contribution in [2.24, 2.45) is 5.73 Å². The van der Waals surface area contributed by atoms with Gasteiger partial charge in [0.1, 0.15) is 0 Å². The Kier molecular flexibility index (Phi) is 4.70. The van der Waals surface area contributed by atoms with Crippen molar-refractivity contribution in [1.82, 2.24) is 0 Å². The molecule has 1 unspecified atom stereocenters. The van der Waals surface area contributed by atoms with Crippen molar-refractivity contribution in [2.75, 3.05) is 23.7 Å². The molecule has 1 aromatic carbocycles. The van der Waals surface area contributed by atoms with Crippen LogP contribution in [0.15, 0.2) is 18.2 Å². The van der Waals surface area contributed by atoms with Crippen molar-refractivity contribution in [3.63, 3.8) is 0 Å². The Labute approximate surface area is 125 Å². The summed E-state index contributed by atoms with van der Waals surface area (Å²) in [6, 6.07) is 6.53. The topological polar surface area (TPSA) is 29.3 Å². The Morgan fingerprint density at radius 1 is 1.47 bits per heavy atom. The highest BCUT2D eigenvalue weighted by Gasteiger charge is 2.28. The van der Waals surface area contributed by atoms with E-state index in [4.69, 9.17) is 17.3 Å². The Bertz CT molecular complexity index is 446. The summed E-state index contributed by atoms with van der Waals surface area (Å²) in [5.74, 6) is 1.16. The molecule has 1 heterocycles. The molecule has 1 aliphatic heterocycles. The van der Waals surface area contributed by atoms with Gasteiger partial charge in [-0.3, -0.25) is 0 Å². The Morgan fingerprint density at radius 2 is 2.21 bits per heavy atom. The molecule has 0 aromatic heterocycles. The summed E-state index contributed by atoms with van der Waals surface area (Å²) < 4.78 is 0.298. The average Bonchev–Trinajstić information content (AvgIpc) is 2.26. The lowest BCUT2D eigenvalue weighted by atomic mass is 10.1. The molecule has 0 radical (unpaired) electrons. The van der Waals surface area contributed by atoms with E-state index in [1.54, 1.807) is 0 Å². The van der Waals surface area contributed by atoms with Crippen LogP contribution in [0.4, 0.5) is 5.69 Å². The molecule has 1 aliphatic rings. The second-order valence-corrected chi connectivity index (χ2v) is 8.21. The van der Waals surface area contributed by atoms with Gasteiger partial charge in [-0.2, -0.15) is 11.8 Å². The van der Waals surface area contributed by atoms with E-state index >= 15 is 0 Å². The first-order valence-corrected chi connectivity index (χ1v) is 8.17. The monoisotopic (exact) mass is 298 g/mol. The summed E-state index contributed by atoms with van der Waals surface area (Å²) >= 11 is 8.48. The van der Waals surface area contributed by atoms with Gasteiger partial charge in [-0.05, 0) is 44.9 Å².